The minimum atomic E-state index is -0.567. The monoisotopic (exact) mass is 395 g/mol. The standard InChI is InChI=1S/C18H11ClFN7O/c19-11-5-1-9(2-6-11)14-13-15(17(28)23-22-14)21-18-24-25-26-27(18)16(13)10-3-7-12(20)8-4-10/h1-8,16H,(H,23,28)(H,21,24,26)/t16-/m0/s1. The average Bonchev–Trinajstić information content (AvgIpc) is 3.17. The van der Waals surface area contributed by atoms with Crippen LogP contribution in [0.25, 0.3) is 11.3 Å². The molecule has 2 N–H and O–H groups in total. The van der Waals surface area contributed by atoms with E-state index in [0.717, 1.165) is 5.56 Å². The fourth-order valence-corrected chi connectivity index (χ4v) is 3.44. The van der Waals surface area contributed by atoms with Crippen LogP contribution >= 0.6 is 11.6 Å². The molecule has 0 bridgehead atoms. The van der Waals surface area contributed by atoms with Crippen LogP contribution in [-0.2, 0) is 0 Å². The SMILES string of the molecule is O=c1[nH]nc(-c2ccc(Cl)cc2)c2c1Nc1nnnn1[C@H]2c1ccc(F)cc1. The molecule has 8 nitrogen and oxygen atoms in total. The molecule has 0 saturated heterocycles. The number of rotatable bonds is 2. The van der Waals surface area contributed by atoms with Crippen LogP contribution in [-0.4, -0.2) is 30.4 Å². The molecule has 1 aliphatic heterocycles. The van der Waals surface area contributed by atoms with Gasteiger partial charge in [-0.2, -0.15) is 9.78 Å². The number of nitrogens with zero attached hydrogens (tertiary/aromatic N) is 5. The summed E-state index contributed by atoms with van der Waals surface area (Å²) >= 11 is 6.00. The Kier molecular flexibility index (Phi) is 3.69. The lowest BCUT2D eigenvalue weighted by Gasteiger charge is -2.27. The molecule has 0 fully saturated rings. The number of fused-ring (bicyclic) bond motifs is 2. The zero-order valence-corrected chi connectivity index (χ0v) is 14.9. The molecule has 4 aromatic rings. The van der Waals surface area contributed by atoms with E-state index in [1.54, 1.807) is 36.4 Å². The highest BCUT2D eigenvalue weighted by Gasteiger charge is 2.34. The van der Waals surface area contributed by atoms with E-state index in [2.05, 4.69) is 31.0 Å². The van der Waals surface area contributed by atoms with Crippen molar-refractivity contribution in [1.29, 1.82) is 0 Å². The molecule has 0 saturated carbocycles. The van der Waals surface area contributed by atoms with Crippen LogP contribution in [0.5, 0.6) is 0 Å². The van der Waals surface area contributed by atoms with Gasteiger partial charge >= 0.3 is 0 Å². The summed E-state index contributed by atoms with van der Waals surface area (Å²) in [5.41, 5.74) is 2.46. The maximum atomic E-state index is 13.5. The predicted octanol–water partition coefficient (Wildman–Crippen LogP) is 2.91. The van der Waals surface area contributed by atoms with Crippen molar-refractivity contribution in [3.05, 3.63) is 80.9 Å². The largest absolute Gasteiger partial charge is 0.318 e. The minimum Gasteiger partial charge on any atom is -0.318 e. The lowest BCUT2D eigenvalue weighted by molar-refractivity contribution is 0.564. The van der Waals surface area contributed by atoms with Crippen molar-refractivity contribution in [3.63, 3.8) is 0 Å². The van der Waals surface area contributed by atoms with Gasteiger partial charge in [-0.3, -0.25) is 4.79 Å². The Morgan fingerprint density at radius 3 is 2.57 bits per heavy atom. The van der Waals surface area contributed by atoms with Gasteiger partial charge in [-0.1, -0.05) is 41.0 Å². The number of nitrogens with one attached hydrogen (secondary N) is 2. The molecule has 1 aliphatic rings. The van der Waals surface area contributed by atoms with Crippen molar-refractivity contribution in [2.24, 2.45) is 0 Å². The van der Waals surface area contributed by atoms with Crippen molar-refractivity contribution in [2.75, 3.05) is 5.32 Å². The number of tetrazole rings is 1. The second-order valence-corrected chi connectivity index (χ2v) is 6.66. The topological polar surface area (TPSA) is 101 Å². The summed E-state index contributed by atoms with van der Waals surface area (Å²) in [6.45, 7) is 0. The molecule has 2 aromatic carbocycles. The molecule has 0 unspecified atom stereocenters. The minimum absolute atomic E-state index is 0.288. The quantitative estimate of drug-likeness (QED) is 0.476. The number of H-pyrrole nitrogens is 1. The molecule has 28 heavy (non-hydrogen) atoms. The number of hydrogen-bond donors (Lipinski definition) is 2. The summed E-state index contributed by atoms with van der Waals surface area (Å²) in [4.78, 5) is 12.5. The van der Waals surface area contributed by atoms with Crippen LogP contribution in [0.4, 0.5) is 16.0 Å². The molecule has 138 valence electrons. The summed E-state index contributed by atoms with van der Waals surface area (Å²) in [6.07, 6.45) is 0. The molecular weight excluding hydrogens is 385 g/mol. The lowest BCUT2D eigenvalue weighted by atomic mass is 9.92. The van der Waals surface area contributed by atoms with Crippen LogP contribution in [0, 0.1) is 5.82 Å². The number of benzene rings is 2. The first kappa shape index (κ1) is 16.6. The first-order valence-electron chi connectivity index (χ1n) is 8.30. The molecule has 10 heteroatoms. The Balaban J connectivity index is 1.81. The van der Waals surface area contributed by atoms with Crippen molar-refractivity contribution in [2.45, 2.75) is 6.04 Å². The number of hydrogen-bond acceptors (Lipinski definition) is 6. The van der Waals surface area contributed by atoms with Gasteiger partial charge in [-0.15, -0.1) is 0 Å². The van der Waals surface area contributed by atoms with Gasteiger partial charge in [-0.05, 0) is 40.3 Å². The van der Waals surface area contributed by atoms with Gasteiger partial charge in [0.15, 0.2) is 0 Å². The van der Waals surface area contributed by atoms with E-state index in [9.17, 15) is 9.18 Å². The molecule has 0 spiro atoms. The fourth-order valence-electron chi connectivity index (χ4n) is 3.32. The Morgan fingerprint density at radius 2 is 1.82 bits per heavy atom. The highest BCUT2D eigenvalue weighted by atomic mass is 35.5. The summed E-state index contributed by atoms with van der Waals surface area (Å²) < 4.78 is 15.0. The number of aromatic nitrogens is 6. The van der Waals surface area contributed by atoms with Crippen LogP contribution in [0.1, 0.15) is 17.2 Å². The molecular formula is C18H11ClFN7O. The zero-order chi connectivity index (χ0) is 19.3. The van der Waals surface area contributed by atoms with Gasteiger partial charge in [0.1, 0.15) is 17.5 Å². The Hall–Kier alpha value is -3.59. The third-order valence-electron chi connectivity index (χ3n) is 4.57. The van der Waals surface area contributed by atoms with Crippen molar-refractivity contribution in [1.82, 2.24) is 30.4 Å². The van der Waals surface area contributed by atoms with Gasteiger partial charge < -0.3 is 5.32 Å². The lowest BCUT2D eigenvalue weighted by Crippen LogP contribution is -2.29. The van der Waals surface area contributed by atoms with E-state index in [-0.39, 0.29) is 11.5 Å². The third kappa shape index (κ3) is 2.55. The van der Waals surface area contributed by atoms with Crippen molar-refractivity contribution in [3.8, 4) is 11.3 Å². The Bertz CT molecular complexity index is 1230. The van der Waals surface area contributed by atoms with E-state index in [0.29, 0.717) is 27.8 Å². The molecule has 0 radical (unpaired) electrons. The summed E-state index contributed by atoms with van der Waals surface area (Å²) in [7, 11) is 0. The maximum absolute atomic E-state index is 13.5. The molecule has 3 heterocycles. The smallest absolute Gasteiger partial charge is 0.288 e. The van der Waals surface area contributed by atoms with E-state index in [1.165, 1.54) is 16.8 Å². The van der Waals surface area contributed by atoms with Gasteiger partial charge in [0.25, 0.3) is 5.56 Å². The number of halogens is 2. The second kappa shape index (κ2) is 6.24. The van der Waals surface area contributed by atoms with Gasteiger partial charge in [0.05, 0.1) is 5.69 Å². The van der Waals surface area contributed by atoms with Crippen LogP contribution in [0.3, 0.4) is 0 Å². The zero-order valence-electron chi connectivity index (χ0n) is 14.1. The fraction of sp³-hybridized carbons (Fsp3) is 0.0556. The van der Waals surface area contributed by atoms with Crippen LogP contribution in [0.15, 0.2) is 53.3 Å². The average molecular weight is 396 g/mol. The number of anilines is 2. The molecule has 2 aromatic heterocycles. The number of aromatic amines is 1. The third-order valence-corrected chi connectivity index (χ3v) is 4.82. The van der Waals surface area contributed by atoms with E-state index in [1.807, 2.05) is 0 Å². The van der Waals surface area contributed by atoms with E-state index < -0.39 is 11.6 Å². The molecule has 5 rings (SSSR count). The summed E-state index contributed by atoms with van der Waals surface area (Å²) in [5, 5.41) is 22.0. The van der Waals surface area contributed by atoms with Gasteiger partial charge in [-0.25, -0.2) is 9.49 Å². The summed E-state index contributed by atoms with van der Waals surface area (Å²) in [5.74, 6) is -0.0580. The van der Waals surface area contributed by atoms with Gasteiger partial charge in [0.2, 0.25) is 5.95 Å². The van der Waals surface area contributed by atoms with Crippen LogP contribution < -0.4 is 10.9 Å². The second-order valence-electron chi connectivity index (χ2n) is 6.22. The Labute approximate surface area is 162 Å². The predicted molar refractivity (Wildman–Crippen MR) is 100 cm³/mol. The Morgan fingerprint density at radius 1 is 1.07 bits per heavy atom. The first-order valence-corrected chi connectivity index (χ1v) is 8.68. The summed E-state index contributed by atoms with van der Waals surface area (Å²) in [6, 6.07) is 12.5. The highest BCUT2D eigenvalue weighted by molar-refractivity contribution is 6.30. The molecule has 0 aliphatic carbocycles. The molecule has 0 amide bonds. The van der Waals surface area contributed by atoms with E-state index >= 15 is 0 Å². The van der Waals surface area contributed by atoms with E-state index in [4.69, 9.17) is 11.6 Å². The maximum Gasteiger partial charge on any atom is 0.288 e. The first-order chi connectivity index (χ1) is 13.6. The highest BCUT2D eigenvalue weighted by Crippen LogP contribution is 2.41. The van der Waals surface area contributed by atoms with Gasteiger partial charge in [0, 0.05) is 16.1 Å². The molecule has 1 atom stereocenters. The van der Waals surface area contributed by atoms with Crippen molar-refractivity contribution < 1.29 is 4.39 Å². The van der Waals surface area contributed by atoms with Crippen molar-refractivity contribution >= 4 is 23.2 Å². The van der Waals surface area contributed by atoms with Crippen LogP contribution in [0.2, 0.25) is 5.02 Å². The normalized spacial score (nSPS) is 14.9.